The summed E-state index contributed by atoms with van der Waals surface area (Å²) in [6, 6.07) is 9.51. The topological polar surface area (TPSA) is 40.5 Å². The van der Waals surface area contributed by atoms with E-state index in [9.17, 15) is 9.90 Å². The molecule has 0 amide bonds. The number of hydrogen-bond donors (Lipinski definition) is 1. The van der Waals surface area contributed by atoms with Crippen molar-refractivity contribution in [2.45, 2.75) is 18.4 Å². The maximum absolute atomic E-state index is 12.7. The summed E-state index contributed by atoms with van der Waals surface area (Å²) in [6.07, 6.45) is 1.90. The Morgan fingerprint density at radius 1 is 1.18 bits per heavy atom. The highest BCUT2D eigenvalue weighted by Gasteiger charge is 2.48. The summed E-state index contributed by atoms with van der Waals surface area (Å²) < 4.78 is 0. The van der Waals surface area contributed by atoms with Gasteiger partial charge >= 0.3 is 0 Å². The molecule has 22 heavy (non-hydrogen) atoms. The van der Waals surface area contributed by atoms with Crippen LogP contribution in [0.4, 0.5) is 0 Å². The predicted octanol–water partition coefficient (Wildman–Crippen LogP) is 2.87. The number of benzene rings is 1. The molecule has 1 saturated heterocycles. The summed E-state index contributed by atoms with van der Waals surface area (Å²) in [4.78, 5) is 15.7. The molecule has 0 bridgehead atoms. The molecule has 0 saturated carbocycles. The Balaban J connectivity index is 1.89. The molecule has 1 aromatic heterocycles. The average molecular weight is 313 g/mol. The minimum Gasteiger partial charge on any atom is -0.380 e. The van der Waals surface area contributed by atoms with Gasteiger partial charge in [-0.1, -0.05) is 24.3 Å². The lowest BCUT2D eigenvalue weighted by atomic mass is 9.67. The highest BCUT2D eigenvalue weighted by atomic mass is 32.1. The zero-order valence-electron chi connectivity index (χ0n) is 12.6. The molecule has 2 aliphatic rings. The Morgan fingerprint density at radius 3 is 2.68 bits per heavy atom. The van der Waals surface area contributed by atoms with Crippen LogP contribution in [0.3, 0.4) is 0 Å². The Hall–Kier alpha value is -1.49. The van der Waals surface area contributed by atoms with Crippen LogP contribution in [0, 0.1) is 5.92 Å². The number of carbonyl (C=O) groups excluding carboxylic acids is 1. The number of fused-ring (bicyclic) bond motifs is 2. The van der Waals surface area contributed by atoms with E-state index in [4.69, 9.17) is 0 Å². The lowest BCUT2D eigenvalue weighted by molar-refractivity contribution is -0.0128. The first-order valence-electron chi connectivity index (χ1n) is 7.75. The zero-order valence-corrected chi connectivity index (χ0v) is 13.4. The quantitative estimate of drug-likeness (QED) is 0.880. The van der Waals surface area contributed by atoms with E-state index in [1.165, 1.54) is 11.3 Å². The zero-order chi connectivity index (χ0) is 15.3. The second kappa shape index (κ2) is 5.01. The van der Waals surface area contributed by atoms with E-state index in [-0.39, 0.29) is 11.7 Å². The van der Waals surface area contributed by atoms with E-state index in [0.717, 1.165) is 37.1 Å². The fourth-order valence-electron chi connectivity index (χ4n) is 3.93. The summed E-state index contributed by atoms with van der Waals surface area (Å²) in [7, 11) is 2.12. The molecule has 3 nitrogen and oxygen atoms in total. The molecule has 1 aliphatic heterocycles. The van der Waals surface area contributed by atoms with Gasteiger partial charge in [0.05, 0.1) is 4.88 Å². The maximum atomic E-state index is 12.7. The summed E-state index contributed by atoms with van der Waals surface area (Å²) in [5.74, 6) is 0.213. The van der Waals surface area contributed by atoms with E-state index in [2.05, 4.69) is 11.9 Å². The van der Waals surface area contributed by atoms with E-state index >= 15 is 0 Å². The summed E-state index contributed by atoms with van der Waals surface area (Å²) >= 11 is 1.44. The van der Waals surface area contributed by atoms with Crippen LogP contribution in [0.25, 0.3) is 0 Å². The van der Waals surface area contributed by atoms with Crippen molar-refractivity contribution < 1.29 is 9.90 Å². The van der Waals surface area contributed by atoms with Crippen LogP contribution in [0.1, 0.15) is 39.2 Å². The molecule has 1 aromatic carbocycles. The van der Waals surface area contributed by atoms with Gasteiger partial charge in [0.1, 0.15) is 5.60 Å². The first-order valence-corrected chi connectivity index (χ1v) is 8.63. The molecule has 1 aliphatic carbocycles. The Kier molecular flexibility index (Phi) is 3.22. The third-order valence-electron chi connectivity index (χ3n) is 5.17. The smallest absolute Gasteiger partial charge is 0.203 e. The highest BCUT2D eigenvalue weighted by Crippen LogP contribution is 2.48. The van der Waals surface area contributed by atoms with Gasteiger partial charge in [-0.2, -0.15) is 0 Å². The van der Waals surface area contributed by atoms with E-state index in [0.29, 0.717) is 10.4 Å². The van der Waals surface area contributed by atoms with Crippen LogP contribution >= 0.6 is 11.3 Å². The molecule has 1 fully saturated rings. The highest BCUT2D eigenvalue weighted by molar-refractivity contribution is 7.12. The Labute approximate surface area is 134 Å². The molecule has 1 atom stereocenters. The van der Waals surface area contributed by atoms with Crippen molar-refractivity contribution in [2.24, 2.45) is 5.92 Å². The number of hydrogen-bond acceptors (Lipinski definition) is 4. The number of likely N-dealkylation sites (tertiary alicyclic amines) is 1. The minimum atomic E-state index is -1.03. The van der Waals surface area contributed by atoms with Crippen molar-refractivity contribution >= 4 is 17.1 Å². The minimum absolute atomic E-state index is 0.0539. The number of carbonyl (C=O) groups is 1. The number of aliphatic hydroxyl groups is 1. The number of ketones is 1. The molecular formula is C18H19NO2S. The number of piperidine rings is 1. The van der Waals surface area contributed by atoms with Crippen molar-refractivity contribution in [3.8, 4) is 0 Å². The van der Waals surface area contributed by atoms with Crippen LogP contribution < -0.4 is 0 Å². The molecule has 2 heterocycles. The fourth-order valence-corrected chi connectivity index (χ4v) is 4.84. The van der Waals surface area contributed by atoms with Gasteiger partial charge in [0.15, 0.2) is 0 Å². The van der Waals surface area contributed by atoms with Gasteiger partial charge in [-0.05, 0) is 55.9 Å². The second-order valence-electron chi connectivity index (χ2n) is 6.38. The lowest BCUT2D eigenvalue weighted by Crippen LogP contribution is -2.46. The van der Waals surface area contributed by atoms with E-state index in [1.54, 1.807) is 0 Å². The van der Waals surface area contributed by atoms with Gasteiger partial charge in [0.2, 0.25) is 5.78 Å². The normalized spacial score (nSPS) is 25.8. The fraction of sp³-hybridized carbons (Fsp3) is 0.389. The average Bonchev–Trinajstić information content (AvgIpc) is 3.04. The van der Waals surface area contributed by atoms with Gasteiger partial charge in [-0.25, -0.2) is 0 Å². The molecule has 1 unspecified atom stereocenters. The number of nitrogens with zero attached hydrogens (tertiary/aromatic N) is 1. The van der Waals surface area contributed by atoms with E-state index < -0.39 is 5.60 Å². The van der Waals surface area contributed by atoms with Crippen LogP contribution in [-0.2, 0) is 5.60 Å². The van der Waals surface area contributed by atoms with Gasteiger partial charge < -0.3 is 10.0 Å². The molecule has 114 valence electrons. The van der Waals surface area contributed by atoms with Gasteiger partial charge in [-0.3, -0.25) is 4.79 Å². The van der Waals surface area contributed by atoms with Crippen molar-refractivity contribution in [3.63, 3.8) is 0 Å². The maximum Gasteiger partial charge on any atom is 0.203 e. The Bertz CT molecular complexity index is 730. The third-order valence-corrected chi connectivity index (χ3v) is 6.09. The number of thiophene rings is 1. The van der Waals surface area contributed by atoms with Crippen molar-refractivity contribution in [2.75, 3.05) is 20.1 Å². The molecule has 0 radical (unpaired) electrons. The lowest BCUT2D eigenvalue weighted by Gasteiger charge is -2.43. The second-order valence-corrected chi connectivity index (χ2v) is 7.30. The van der Waals surface area contributed by atoms with Crippen molar-refractivity contribution in [1.29, 1.82) is 0 Å². The number of rotatable bonds is 1. The van der Waals surface area contributed by atoms with Crippen LogP contribution in [0.15, 0.2) is 35.7 Å². The standard InChI is InChI=1S/C18H19NO2S/c1-19-9-6-12(7-10-19)18(21)14-5-3-2-4-13(14)16(20)17-15(18)8-11-22-17/h2-5,8,11-12,21H,6-7,9-10H2,1H3. The summed E-state index contributed by atoms with van der Waals surface area (Å²) in [5.41, 5.74) is 1.25. The monoisotopic (exact) mass is 313 g/mol. The molecule has 0 spiro atoms. The molecular weight excluding hydrogens is 294 g/mol. The first kappa shape index (κ1) is 14.1. The van der Waals surface area contributed by atoms with Gasteiger partial charge in [-0.15, -0.1) is 11.3 Å². The summed E-state index contributed by atoms with van der Waals surface area (Å²) in [5, 5.41) is 13.7. The van der Waals surface area contributed by atoms with Crippen LogP contribution in [0.5, 0.6) is 0 Å². The van der Waals surface area contributed by atoms with Crippen LogP contribution in [0.2, 0.25) is 0 Å². The van der Waals surface area contributed by atoms with E-state index in [1.807, 2.05) is 35.7 Å². The predicted molar refractivity (Wildman–Crippen MR) is 87.4 cm³/mol. The summed E-state index contributed by atoms with van der Waals surface area (Å²) in [6.45, 7) is 1.98. The molecule has 4 heteroatoms. The Morgan fingerprint density at radius 2 is 1.91 bits per heavy atom. The third kappa shape index (κ3) is 1.84. The SMILES string of the molecule is CN1CCC(C2(O)c3ccccc3C(=O)c3sccc32)CC1. The molecule has 2 aromatic rings. The van der Waals surface area contributed by atoms with Gasteiger partial charge in [0, 0.05) is 11.1 Å². The van der Waals surface area contributed by atoms with Crippen LogP contribution in [-0.4, -0.2) is 35.9 Å². The van der Waals surface area contributed by atoms with Gasteiger partial charge in [0.25, 0.3) is 0 Å². The largest absolute Gasteiger partial charge is 0.380 e. The first-order chi connectivity index (χ1) is 10.6. The molecule has 4 rings (SSSR count). The van der Waals surface area contributed by atoms with Crippen molar-refractivity contribution in [1.82, 2.24) is 4.90 Å². The molecule has 1 N–H and O–H groups in total. The van der Waals surface area contributed by atoms with Crippen molar-refractivity contribution in [3.05, 3.63) is 57.3 Å².